The van der Waals surface area contributed by atoms with Crippen LogP contribution in [-0.4, -0.2) is 40.0 Å². The number of ether oxygens (including phenoxy) is 2. The molecule has 4 rings (SSSR count). The van der Waals surface area contributed by atoms with Gasteiger partial charge in [-0.1, -0.05) is 0 Å². The van der Waals surface area contributed by atoms with E-state index < -0.39 is 0 Å². The van der Waals surface area contributed by atoms with Crippen LogP contribution >= 0.6 is 0 Å². The molecular formula is C20H27N5O3. The number of pyridine rings is 1. The number of nitrogens with zero attached hydrogens (tertiary/aromatic N) is 2. The van der Waals surface area contributed by atoms with Crippen LogP contribution in [0.5, 0.6) is 0 Å². The summed E-state index contributed by atoms with van der Waals surface area (Å²) in [6, 6.07) is 5.90. The third-order valence-electron chi connectivity index (χ3n) is 5.45. The molecule has 2 aliphatic rings. The zero-order valence-corrected chi connectivity index (χ0v) is 16.3. The van der Waals surface area contributed by atoms with Crippen LogP contribution in [0.25, 0.3) is 0 Å². The minimum Gasteiger partial charge on any atom is -0.446 e. The second-order valence-electron chi connectivity index (χ2n) is 7.69. The Hall–Kier alpha value is -2.61. The lowest BCUT2D eigenvalue weighted by Crippen LogP contribution is -2.35. The van der Waals surface area contributed by atoms with Gasteiger partial charge in [0, 0.05) is 42.2 Å². The summed E-state index contributed by atoms with van der Waals surface area (Å²) in [5, 5.41) is 13.7. The molecule has 0 aromatic carbocycles. The van der Waals surface area contributed by atoms with E-state index in [4.69, 9.17) is 9.47 Å². The van der Waals surface area contributed by atoms with E-state index in [1.807, 2.05) is 32.0 Å². The van der Waals surface area contributed by atoms with Gasteiger partial charge in [0.15, 0.2) is 5.82 Å². The van der Waals surface area contributed by atoms with Crippen molar-refractivity contribution in [2.45, 2.75) is 63.7 Å². The Labute approximate surface area is 164 Å². The summed E-state index contributed by atoms with van der Waals surface area (Å²) in [6.45, 7) is 4.46. The second kappa shape index (κ2) is 8.18. The van der Waals surface area contributed by atoms with Crippen molar-refractivity contribution in [1.82, 2.24) is 20.5 Å². The molecule has 0 spiro atoms. The fourth-order valence-corrected chi connectivity index (χ4v) is 3.80. The lowest BCUT2D eigenvalue weighted by atomic mass is 10.0. The minimum absolute atomic E-state index is 0.0214. The first-order chi connectivity index (χ1) is 13.6. The van der Waals surface area contributed by atoms with Crippen molar-refractivity contribution >= 4 is 17.6 Å². The van der Waals surface area contributed by atoms with Crippen molar-refractivity contribution in [2.24, 2.45) is 0 Å². The van der Waals surface area contributed by atoms with Gasteiger partial charge in [-0.05, 0) is 51.7 Å². The van der Waals surface area contributed by atoms with E-state index in [0.717, 1.165) is 42.2 Å². The number of aromatic amines is 1. The van der Waals surface area contributed by atoms with E-state index in [1.54, 1.807) is 6.20 Å². The van der Waals surface area contributed by atoms with Gasteiger partial charge < -0.3 is 20.1 Å². The van der Waals surface area contributed by atoms with E-state index in [-0.39, 0.29) is 24.3 Å². The van der Waals surface area contributed by atoms with Crippen LogP contribution in [0.2, 0.25) is 0 Å². The molecule has 0 radical (unpaired) electrons. The topological polar surface area (TPSA) is 101 Å². The molecular weight excluding hydrogens is 358 g/mol. The summed E-state index contributed by atoms with van der Waals surface area (Å²) in [5.74, 6) is 1.08. The highest BCUT2D eigenvalue weighted by Crippen LogP contribution is 2.36. The number of H-pyrrole nitrogens is 1. The van der Waals surface area contributed by atoms with E-state index in [9.17, 15) is 4.79 Å². The molecule has 1 amide bonds. The Balaban J connectivity index is 1.55. The second-order valence-corrected chi connectivity index (χ2v) is 7.69. The van der Waals surface area contributed by atoms with Gasteiger partial charge in [-0.2, -0.15) is 5.10 Å². The Bertz CT molecular complexity index is 824. The van der Waals surface area contributed by atoms with Gasteiger partial charge in [0.25, 0.3) is 0 Å². The molecule has 1 saturated carbocycles. The van der Waals surface area contributed by atoms with Gasteiger partial charge in [-0.15, -0.1) is 0 Å². The number of hydrogen-bond acceptors (Lipinski definition) is 6. The van der Waals surface area contributed by atoms with Crippen LogP contribution in [0.3, 0.4) is 0 Å². The lowest BCUT2D eigenvalue weighted by Gasteiger charge is -2.19. The zero-order valence-electron chi connectivity index (χ0n) is 16.3. The Kier molecular flexibility index (Phi) is 5.47. The molecule has 0 saturated heterocycles. The van der Waals surface area contributed by atoms with E-state index in [0.29, 0.717) is 18.9 Å². The van der Waals surface area contributed by atoms with Crippen molar-refractivity contribution < 1.29 is 14.3 Å². The predicted molar refractivity (Wildman–Crippen MR) is 105 cm³/mol. The molecule has 4 atom stereocenters. The number of carbonyl (C=O) groups is 1. The third-order valence-corrected chi connectivity index (χ3v) is 5.45. The standard InChI is InChI=1S/C20H27N5O3/c1-12-6-8-27-13(2)17-10-15(5-7-21-17)23-19-11-18(24-25-19)14-3-4-16(9-14)28-20(26)22-12/h5,7,10-14,16H,3-4,6,8-9H2,1-2H3,(H,22,26)(H2,23,24,25)/t12-,13-,14-,16+/m0/s1. The van der Waals surface area contributed by atoms with Crippen molar-refractivity contribution in [1.29, 1.82) is 0 Å². The van der Waals surface area contributed by atoms with Gasteiger partial charge in [0.1, 0.15) is 6.10 Å². The summed E-state index contributed by atoms with van der Waals surface area (Å²) in [6.07, 6.45) is 4.56. The smallest absolute Gasteiger partial charge is 0.407 e. The SMILES string of the molecule is C[C@@H]1OCC[C@H](C)NC(=O)O[C@@H]2CC[C@@H](C2)c2cc(n[nH]2)Nc2ccnc1c2. The number of rotatable bonds is 0. The van der Waals surface area contributed by atoms with Crippen molar-refractivity contribution in [2.75, 3.05) is 11.9 Å². The number of fused-ring (bicyclic) bond motifs is 7. The Morgan fingerprint density at radius 1 is 1.18 bits per heavy atom. The molecule has 2 aromatic heterocycles. The highest BCUT2D eigenvalue weighted by Gasteiger charge is 2.30. The number of alkyl carbamates (subject to hydrolysis) is 1. The molecule has 1 aliphatic carbocycles. The zero-order chi connectivity index (χ0) is 19.5. The van der Waals surface area contributed by atoms with Crippen LogP contribution in [0, 0.1) is 0 Å². The monoisotopic (exact) mass is 385 g/mol. The number of anilines is 2. The molecule has 1 aliphatic heterocycles. The molecule has 2 aromatic rings. The maximum Gasteiger partial charge on any atom is 0.407 e. The van der Waals surface area contributed by atoms with Gasteiger partial charge in [-0.3, -0.25) is 10.1 Å². The van der Waals surface area contributed by atoms with Crippen molar-refractivity contribution in [3.8, 4) is 0 Å². The van der Waals surface area contributed by atoms with E-state index >= 15 is 0 Å². The fraction of sp³-hybridized carbons (Fsp3) is 0.550. The number of aromatic nitrogens is 3. The quantitative estimate of drug-likeness (QED) is 0.638. The van der Waals surface area contributed by atoms with Gasteiger partial charge in [-0.25, -0.2) is 4.79 Å². The first kappa shape index (κ1) is 18.7. The summed E-state index contributed by atoms with van der Waals surface area (Å²) < 4.78 is 11.5. The molecule has 150 valence electrons. The number of carbonyl (C=O) groups excluding carboxylic acids is 1. The van der Waals surface area contributed by atoms with Crippen LogP contribution in [0.15, 0.2) is 24.4 Å². The average molecular weight is 385 g/mol. The minimum atomic E-state index is -0.353. The summed E-state index contributed by atoms with van der Waals surface area (Å²) in [5.41, 5.74) is 2.84. The molecule has 6 bridgehead atoms. The molecule has 28 heavy (non-hydrogen) atoms. The van der Waals surface area contributed by atoms with Crippen LogP contribution in [-0.2, 0) is 9.47 Å². The van der Waals surface area contributed by atoms with Crippen LogP contribution < -0.4 is 10.6 Å². The summed E-state index contributed by atoms with van der Waals surface area (Å²) in [7, 11) is 0. The van der Waals surface area contributed by atoms with E-state index in [1.165, 1.54) is 0 Å². The maximum absolute atomic E-state index is 12.2. The number of amides is 1. The number of hydrogen-bond donors (Lipinski definition) is 3. The van der Waals surface area contributed by atoms with Gasteiger partial charge >= 0.3 is 6.09 Å². The first-order valence-electron chi connectivity index (χ1n) is 9.94. The largest absolute Gasteiger partial charge is 0.446 e. The molecule has 1 fully saturated rings. The number of nitrogens with one attached hydrogen (secondary N) is 3. The summed E-state index contributed by atoms with van der Waals surface area (Å²) >= 11 is 0. The Morgan fingerprint density at radius 2 is 2.07 bits per heavy atom. The lowest BCUT2D eigenvalue weighted by molar-refractivity contribution is 0.0552. The molecule has 8 heteroatoms. The third kappa shape index (κ3) is 4.44. The fourth-order valence-electron chi connectivity index (χ4n) is 3.80. The first-order valence-corrected chi connectivity index (χ1v) is 9.94. The molecule has 8 nitrogen and oxygen atoms in total. The van der Waals surface area contributed by atoms with Crippen LogP contribution in [0.4, 0.5) is 16.3 Å². The average Bonchev–Trinajstić information content (AvgIpc) is 3.30. The normalized spacial score (nSPS) is 28.4. The molecule has 0 unspecified atom stereocenters. The predicted octanol–water partition coefficient (Wildman–Crippen LogP) is 3.78. The van der Waals surface area contributed by atoms with Gasteiger partial charge in [0.05, 0.1) is 11.8 Å². The Morgan fingerprint density at radius 3 is 2.96 bits per heavy atom. The highest BCUT2D eigenvalue weighted by molar-refractivity contribution is 5.67. The maximum atomic E-state index is 12.2. The van der Waals surface area contributed by atoms with E-state index in [2.05, 4.69) is 25.8 Å². The molecule has 3 N–H and O–H groups in total. The van der Waals surface area contributed by atoms with Crippen molar-refractivity contribution in [3.63, 3.8) is 0 Å². The van der Waals surface area contributed by atoms with Crippen molar-refractivity contribution in [3.05, 3.63) is 35.8 Å². The highest BCUT2D eigenvalue weighted by atomic mass is 16.6. The molecule has 3 heterocycles. The van der Waals surface area contributed by atoms with Gasteiger partial charge in [0.2, 0.25) is 0 Å². The summed E-state index contributed by atoms with van der Waals surface area (Å²) in [4.78, 5) is 16.6. The van der Waals surface area contributed by atoms with Crippen LogP contribution in [0.1, 0.15) is 62.9 Å².